The minimum atomic E-state index is -0.267. The van der Waals surface area contributed by atoms with E-state index in [1.165, 1.54) is 5.56 Å². The molecule has 1 aromatic rings. The van der Waals surface area contributed by atoms with Gasteiger partial charge in [0.05, 0.1) is 5.92 Å². The van der Waals surface area contributed by atoms with Crippen LogP contribution in [0.15, 0.2) is 24.3 Å². The highest BCUT2D eigenvalue weighted by molar-refractivity contribution is 5.97. The van der Waals surface area contributed by atoms with Crippen LogP contribution in [-0.4, -0.2) is 28.8 Å². The van der Waals surface area contributed by atoms with E-state index in [1.807, 2.05) is 45.0 Å². The molecule has 0 radical (unpaired) electrons. The van der Waals surface area contributed by atoms with Crippen molar-refractivity contribution < 1.29 is 9.59 Å². The zero-order valence-corrected chi connectivity index (χ0v) is 14.1. The molecule has 1 heterocycles. The molecular weight excluding hydrogens is 276 g/mol. The molecule has 2 amide bonds. The van der Waals surface area contributed by atoms with Gasteiger partial charge in [-0.15, -0.1) is 0 Å². The Balaban J connectivity index is 2.00. The fraction of sp³-hybridized carbons (Fsp3) is 0.556. The lowest BCUT2D eigenvalue weighted by Gasteiger charge is -2.31. The van der Waals surface area contributed by atoms with Gasteiger partial charge in [-0.05, 0) is 44.4 Å². The Kier molecular flexibility index (Phi) is 4.59. The van der Waals surface area contributed by atoms with E-state index in [4.69, 9.17) is 0 Å². The summed E-state index contributed by atoms with van der Waals surface area (Å²) in [6.45, 7) is 10.8. The van der Waals surface area contributed by atoms with Crippen LogP contribution < -0.4 is 5.32 Å². The first-order chi connectivity index (χ1) is 10.2. The summed E-state index contributed by atoms with van der Waals surface area (Å²) in [5, 5.41) is 2.92. The maximum Gasteiger partial charge on any atom is 0.229 e. The number of nitrogens with zero attached hydrogens (tertiary/aromatic N) is 1. The standard InChI is InChI=1S/C18H26N2O2/c1-12(2)13-6-8-15(9-7-13)19-17(22)14-10-16(21)20(11-14)18(3,4)5/h6-9,12,14H,10-11H2,1-5H3,(H,19,22)/t14-/m1/s1. The minimum Gasteiger partial charge on any atom is -0.337 e. The highest BCUT2D eigenvalue weighted by Crippen LogP contribution is 2.27. The van der Waals surface area contributed by atoms with Crippen molar-refractivity contribution in [3.63, 3.8) is 0 Å². The quantitative estimate of drug-likeness (QED) is 0.930. The molecule has 1 N–H and O–H groups in total. The minimum absolute atomic E-state index is 0.0582. The summed E-state index contributed by atoms with van der Waals surface area (Å²) >= 11 is 0. The van der Waals surface area contributed by atoms with E-state index in [2.05, 4.69) is 19.2 Å². The van der Waals surface area contributed by atoms with Gasteiger partial charge in [-0.2, -0.15) is 0 Å². The Morgan fingerprint density at radius 2 is 1.82 bits per heavy atom. The molecule has 2 rings (SSSR count). The predicted octanol–water partition coefficient (Wildman–Crippen LogP) is 3.40. The first kappa shape index (κ1) is 16.5. The smallest absolute Gasteiger partial charge is 0.229 e. The molecule has 1 aliphatic rings. The maximum atomic E-state index is 12.4. The lowest BCUT2D eigenvalue weighted by atomic mass is 10.0. The molecule has 4 heteroatoms. The van der Waals surface area contributed by atoms with Crippen LogP contribution in [0.4, 0.5) is 5.69 Å². The zero-order valence-electron chi connectivity index (χ0n) is 14.1. The fourth-order valence-electron chi connectivity index (χ4n) is 2.73. The molecule has 1 atom stereocenters. The molecule has 0 aromatic heterocycles. The molecule has 1 fully saturated rings. The predicted molar refractivity (Wildman–Crippen MR) is 88.7 cm³/mol. The van der Waals surface area contributed by atoms with Crippen molar-refractivity contribution in [3.8, 4) is 0 Å². The second-order valence-corrected chi connectivity index (χ2v) is 7.34. The van der Waals surface area contributed by atoms with E-state index in [-0.39, 0.29) is 23.3 Å². The molecule has 0 aliphatic carbocycles. The van der Waals surface area contributed by atoms with E-state index in [0.29, 0.717) is 18.9 Å². The summed E-state index contributed by atoms with van der Waals surface area (Å²) in [6, 6.07) is 7.90. The topological polar surface area (TPSA) is 49.4 Å². The summed E-state index contributed by atoms with van der Waals surface area (Å²) in [5.74, 6) is 0.189. The van der Waals surface area contributed by atoms with Crippen LogP contribution in [0.2, 0.25) is 0 Å². The van der Waals surface area contributed by atoms with Crippen molar-refractivity contribution in [1.29, 1.82) is 0 Å². The highest BCUT2D eigenvalue weighted by atomic mass is 16.2. The number of nitrogens with one attached hydrogen (secondary N) is 1. The third-order valence-corrected chi connectivity index (χ3v) is 4.15. The fourth-order valence-corrected chi connectivity index (χ4v) is 2.73. The Morgan fingerprint density at radius 3 is 2.27 bits per heavy atom. The molecule has 1 aliphatic heterocycles. The normalized spacial score (nSPS) is 18.9. The van der Waals surface area contributed by atoms with Crippen molar-refractivity contribution in [1.82, 2.24) is 4.90 Å². The van der Waals surface area contributed by atoms with Crippen LogP contribution in [-0.2, 0) is 9.59 Å². The van der Waals surface area contributed by atoms with E-state index >= 15 is 0 Å². The molecule has 1 aromatic carbocycles. The molecular formula is C18H26N2O2. The molecule has 4 nitrogen and oxygen atoms in total. The van der Waals surface area contributed by atoms with E-state index in [9.17, 15) is 9.59 Å². The van der Waals surface area contributed by atoms with Gasteiger partial charge in [0.15, 0.2) is 0 Å². The van der Waals surface area contributed by atoms with Gasteiger partial charge in [-0.3, -0.25) is 9.59 Å². The molecule has 120 valence electrons. The molecule has 0 saturated carbocycles. The lowest BCUT2D eigenvalue weighted by molar-refractivity contribution is -0.131. The van der Waals surface area contributed by atoms with Crippen molar-refractivity contribution in [2.24, 2.45) is 5.92 Å². The molecule has 0 bridgehead atoms. The third-order valence-electron chi connectivity index (χ3n) is 4.15. The van der Waals surface area contributed by atoms with Gasteiger partial charge in [-0.25, -0.2) is 0 Å². The summed E-state index contributed by atoms with van der Waals surface area (Å²) < 4.78 is 0. The largest absolute Gasteiger partial charge is 0.337 e. The van der Waals surface area contributed by atoms with Gasteiger partial charge in [0.1, 0.15) is 0 Å². The Labute approximate surface area is 132 Å². The van der Waals surface area contributed by atoms with Crippen LogP contribution in [0.5, 0.6) is 0 Å². The summed E-state index contributed by atoms with van der Waals surface area (Å²) in [4.78, 5) is 26.2. The van der Waals surface area contributed by atoms with E-state index < -0.39 is 0 Å². The van der Waals surface area contributed by atoms with E-state index in [0.717, 1.165) is 5.69 Å². The number of rotatable bonds is 3. The van der Waals surface area contributed by atoms with Gasteiger partial charge in [0, 0.05) is 24.2 Å². The van der Waals surface area contributed by atoms with Crippen LogP contribution in [0.1, 0.15) is 52.5 Å². The SMILES string of the molecule is CC(C)c1ccc(NC(=O)[C@@H]2CC(=O)N(C(C)(C)C)C2)cc1. The number of likely N-dealkylation sites (tertiary alicyclic amines) is 1. The zero-order chi connectivity index (χ0) is 16.5. The summed E-state index contributed by atoms with van der Waals surface area (Å²) in [7, 11) is 0. The second kappa shape index (κ2) is 6.11. The van der Waals surface area contributed by atoms with Crippen LogP contribution in [0, 0.1) is 5.92 Å². The van der Waals surface area contributed by atoms with Crippen molar-refractivity contribution in [3.05, 3.63) is 29.8 Å². The summed E-state index contributed by atoms with van der Waals surface area (Å²) in [5.41, 5.74) is 1.80. The Hall–Kier alpha value is -1.84. The number of carbonyl (C=O) groups is 2. The van der Waals surface area contributed by atoms with Crippen molar-refractivity contribution in [2.75, 3.05) is 11.9 Å². The number of carbonyl (C=O) groups excluding carboxylic acids is 2. The van der Waals surface area contributed by atoms with E-state index in [1.54, 1.807) is 4.90 Å². The average Bonchev–Trinajstić information content (AvgIpc) is 2.81. The monoisotopic (exact) mass is 302 g/mol. The number of benzene rings is 1. The van der Waals surface area contributed by atoms with Crippen molar-refractivity contribution in [2.45, 2.75) is 52.5 Å². The lowest BCUT2D eigenvalue weighted by Crippen LogP contribution is -2.42. The van der Waals surface area contributed by atoms with Gasteiger partial charge in [0.25, 0.3) is 0 Å². The molecule has 22 heavy (non-hydrogen) atoms. The number of amides is 2. The van der Waals surface area contributed by atoms with Crippen LogP contribution >= 0.6 is 0 Å². The highest BCUT2D eigenvalue weighted by Gasteiger charge is 2.39. The first-order valence-electron chi connectivity index (χ1n) is 7.90. The molecule has 0 unspecified atom stereocenters. The van der Waals surface area contributed by atoms with Crippen LogP contribution in [0.3, 0.4) is 0 Å². The van der Waals surface area contributed by atoms with Gasteiger partial charge < -0.3 is 10.2 Å². The maximum absolute atomic E-state index is 12.4. The number of hydrogen-bond acceptors (Lipinski definition) is 2. The molecule has 1 saturated heterocycles. The van der Waals surface area contributed by atoms with Crippen LogP contribution in [0.25, 0.3) is 0 Å². The van der Waals surface area contributed by atoms with Gasteiger partial charge in [0.2, 0.25) is 11.8 Å². The Bertz CT molecular complexity index is 555. The Morgan fingerprint density at radius 1 is 1.23 bits per heavy atom. The summed E-state index contributed by atoms with van der Waals surface area (Å²) in [6.07, 6.45) is 0.299. The number of hydrogen-bond donors (Lipinski definition) is 1. The average molecular weight is 302 g/mol. The third kappa shape index (κ3) is 3.67. The van der Waals surface area contributed by atoms with Gasteiger partial charge in [-0.1, -0.05) is 26.0 Å². The molecule has 0 spiro atoms. The first-order valence-corrected chi connectivity index (χ1v) is 7.90. The van der Waals surface area contributed by atoms with Crippen molar-refractivity contribution >= 4 is 17.5 Å². The number of anilines is 1. The van der Waals surface area contributed by atoms with Gasteiger partial charge >= 0.3 is 0 Å². The second-order valence-electron chi connectivity index (χ2n) is 7.34.